The van der Waals surface area contributed by atoms with E-state index in [0.717, 1.165) is 11.3 Å². The first-order valence-corrected chi connectivity index (χ1v) is 8.17. The van der Waals surface area contributed by atoms with Gasteiger partial charge < -0.3 is 14.5 Å². The highest BCUT2D eigenvalue weighted by Crippen LogP contribution is 2.24. The number of carbonyl (C=O) groups excluding carboxylic acids is 1. The average molecular weight is 354 g/mol. The molecule has 0 aliphatic rings. The van der Waals surface area contributed by atoms with E-state index < -0.39 is 5.82 Å². The molecule has 5 nitrogen and oxygen atoms in total. The monoisotopic (exact) mass is 354 g/mol. The molecule has 0 fully saturated rings. The lowest BCUT2D eigenvalue weighted by atomic mass is 10.2. The largest absolute Gasteiger partial charge is 0.497 e. The van der Waals surface area contributed by atoms with Crippen molar-refractivity contribution in [1.82, 2.24) is 10.3 Å². The van der Waals surface area contributed by atoms with Crippen LogP contribution in [0, 0.1) is 12.7 Å². The summed E-state index contributed by atoms with van der Waals surface area (Å²) >= 11 is 0. The summed E-state index contributed by atoms with van der Waals surface area (Å²) < 4.78 is 24.5. The summed E-state index contributed by atoms with van der Waals surface area (Å²) in [7, 11) is 1.60. The van der Waals surface area contributed by atoms with Crippen molar-refractivity contribution < 1.29 is 18.3 Å². The topological polar surface area (TPSA) is 64.4 Å². The average Bonchev–Trinajstić information content (AvgIpc) is 3.01. The van der Waals surface area contributed by atoms with Crippen LogP contribution in [0.15, 0.2) is 52.9 Å². The van der Waals surface area contributed by atoms with E-state index in [9.17, 15) is 9.18 Å². The van der Waals surface area contributed by atoms with Gasteiger partial charge in [-0.1, -0.05) is 24.3 Å². The number of ether oxygens (including phenoxy) is 1. The molecule has 3 rings (SSSR count). The van der Waals surface area contributed by atoms with E-state index >= 15 is 0 Å². The maximum absolute atomic E-state index is 13.9. The molecule has 1 aromatic heterocycles. The molecule has 1 amide bonds. The molecule has 0 aliphatic heterocycles. The molecule has 0 bridgehead atoms. The zero-order valence-corrected chi connectivity index (χ0v) is 14.6. The Hall–Kier alpha value is -3.15. The van der Waals surface area contributed by atoms with E-state index in [1.807, 2.05) is 24.3 Å². The number of hydrogen-bond donors (Lipinski definition) is 1. The molecule has 6 heteroatoms. The summed E-state index contributed by atoms with van der Waals surface area (Å²) in [6, 6.07) is 13.7. The van der Waals surface area contributed by atoms with Crippen LogP contribution < -0.4 is 10.1 Å². The van der Waals surface area contributed by atoms with Gasteiger partial charge in [-0.25, -0.2) is 9.37 Å². The number of methoxy groups -OCH3 is 1. The Kier molecular flexibility index (Phi) is 5.31. The molecule has 0 unspecified atom stereocenters. The van der Waals surface area contributed by atoms with Crippen molar-refractivity contribution in [3.8, 4) is 17.2 Å². The number of carbonyl (C=O) groups is 1. The van der Waals surface area contributed by atoms with Crippen molar-refractivity contribution in [1.29, 1.82) is 0 Å². The molecule has 2 aromatic carbocycles. The minimum atomic E-state index is -0.413. The molecule has 0 saturated heterocycles. The lowest BCUT2D eigenvalue weighted by Crippen LogP contribution is -2.24. The minimum Gasteiger partial charge on any atom is -0.497 e. The van der Waals surface area contributed by atoms with Crippen LogP contribution in [0.5, 0.6) is 5.75 Å². The maximum Gasteiger partial charge on any atom is 0.229 e. The number of nitrogens with zero attached hydrogens (tertiary/aromatic N) is 1. The Morgan fingerprint density at radius 3 is 2.62 bits per heavy atom. The van der Waals surface area contributed by atoms with E-state index in [0.29, 0.717) is 18.0 Å². The van der Waals surface area contributed by atoms with Crippen molar-refractivity contribution in [2.75, 3.05) is 7.11 Å². The first-order valence-electron chi connectivity index (χ1n) is 8.17. The van der Waals surface area contributed by atoms with E-state index in [4.69, 9.17) is 9.15 Å². The van der Waals surface area contributed by atoms with Gasteiger partial charge in [-0.15, -0.1) is 0 Å². The SMILES string of the molecule is COc1ccc(CNC(=O)Cc2nc(-c3ccccc3F)oc2C)cc1. The molecule has 0 aliphatic carbocycles. The van der Waals surface area contributed by atoms with Crippen LogP contribution in [0.3, 0.4) is 0 Å². The zero-order chi connectivity index (χ0) is 18.5. The predicted octanol–water partition coefficient (Wildman–Crippen LogP) is 3.66. The molecule has 1 N–H and O–H groups in total. The Balaban J connectivity index is 1.63. The first-order chi connectivity index (χ1) is 12.6. The van der Waals surface area contributed by atoms with Crippen molar-refractivity contribution in [3.63, 3.8) is 0 Å². The number of rotatable bonds is 6. The molecule has 1 heterocycles. The fraction of sp³-hybridized carbons (Fsp3) is 0.200. The quantitative estimate of drug-likeness (QED) is 0.734. The molecular formula is C20H19FN2O3. The zero-order valence-electron chi connectivity index (χ0n) is 14.6. The number of oxazole rings is 1. The van der Waals surface area contributed by atoms with Gasteiger partial charge >= 0.3 is 0 Å². The van der Waals surface area contributed by atoms with Gasteiger partial charge in [-0.3, -0.25) is 4.79 Å². The highest BCUT2D eigenvalue weighted by atomic mass is 19.1. The molecule has 3 aromatic rings. The second-order valence-corrected chi connectivity index (χ2v) is 5.80. The van der Waals surface area contributed by atoms with Crippen LogP contribution in [0.2, 0.25) is 0 Å². The highest BCUT2D eigenvalue weighted by Gasteiger charge is 2.16. The summed E-state index contributed by atoms with van der Waals surface area (Å²) in [5, 5.41) is 2.84. The smallest absolute Gasteiger partial charge is 0.229 e. The maximum atomic E-state index is 13.9. The third kappa shape index (κ3) is 4.08. The van der Waals surface area contributed by atoms with E-state index in [1.54, 1.807) is 32.2 Å². The number of hydrogen-bond acceptors (Lipinski definition) is 4. The second kappa shape index (κ2) is 7.82. The van der Waals surface area contributed by atoms with Gasteiger partial charge in [0.25, 0.3) is 0 Å². The Labute approximate surface area is 150 Å². The van der Waals surface area contributed by atoms with Gasteiger partial charge in [-0.2, -0.15) is 0 Å². The predicted molar refractivity (Wildman–Crippen MR) is 95.2 cm³/mol. The highest BCUT2D eigenvalue weighted by molar-refractivity contribution is 5.78. The molecule has 134 valence electrons. The lowest BCUT2D eigenvalue weighted by Gasteiger charge is -2.05. The normalized spacial score (nSPS) is 10.6. The van der Waals surface area contributed by atoms with Gasteiger partial charge in [0.05, 0.1) is 24.8 Å². The van der Waals surface area contributed by atoms with Gasteiger partial charge in [0.1, 0.15) is 17.3 Å². The van der Waals surface area contributed by atoms with E-state index in [2.05, 4.69) is 10.3 Å². The van der Waals surface area contributed by atoms with Crippen LogP contribution in [0.1, 0.15) is 17.0 Å². The van der Waals surface area contributed by atoms with Crippen molar-refractivity contribution in [3.05, 3.63) is 71.4 Å². The third-order valence-corrected chi connectivity index (χ3v) is 3.97. The molecule has 0 radical (unpaired) electrons. The number of amides is 1. The first kappa shape index (κ1) is 17.7. The van der Waals surface area contributed by atoms with E-state index in [1.165, 1.54) is 6.07 Å². The number of nitrogens with one attached hydrogen (secondary N) is 1. The Bertz CT molecular complexity index is 904. The molecule has 26 heavy (non-hydrogen) atoms. The Morgan fingerprint density at radius 1 is 1.19 bits per heavy atom. The number of aryl methyl sites for hydroxylation is 1. The van der Waals surface area contributed by atoms with Gasteiger partial charge in [-0.05, 0) is 36.8 Å². The van der Waals surface area contributed by atoms with Gasteiger partial charge in [0.2, 0.25) is 11.8 Å². The van der Waals surface area contributed by atoms with Gasteiger partial charge in [0, 0.05) is 6.54 Å². The van der Waals surface area contributed by atoms with Crippen molar-refractivity contribution >= 4 is 5.91 Å². The summed E-state index contributed by atoms with van der Waals surface area (Å²) in [5.41, 5.74) is 1.74. The summed E-state index contributed by atoms with van der Waals surface area (Å²) in [6.45, 7) is 2.11. The minimum absolute atomic E-state index is 0.0694. The summed E-state index contributed by atoms with van der Waals surface area (Å²) in [6.07, 6.45) is 0.0694. The number of halogens is 1. The fourth-order valence-electron chi connectivity index (χ4n) is 2.50. The van der Waals surface area contributed by atoms with Crippen LogP contribution in [0.25, 0.3) is 11.5 Å². The standard InChI is InChI=1S/C20H19FN2O3/c1-13-18(23-20(26-13)16-5-3-4-6-17(16)21)11-19(24)22-12-14-7-9-15(25-2)10-8-14/h3-10H,11-12H2,1-2H3,(H,22,24). The second-order valence-electron chi connectivity index (χ2n) is 5.80. The van der Waals surface area contributed by atoms with Crippen LogP contribution in [0.4, 0.5) is 4.39 Å². The van der Waals surface area contributed by atoms with Crippen LogP contribution in [-0.2, 0) is 17.8 Å². The number of aromatic nitrogens is 1. The lowest BCUT2D eigenvalue weighted by molar-refractivity contribution is -0.120. The van der Waals surface area contributed by atoms with Gasteiger partial charge in [0.15, 0.2) is 0 Å². The molecular weight excluding hydrogens is 335 g/mol. The third-order valence-electron chi connectivity index (χ3n) is 3.97. The van der Waals surface area contributed by atoms with E-state index in [-0.39, 0.29) is 23.8 Å². The van der Waals surface area contributed by atoms with Crippen molar-refractivity contribution in [2.24, 2.45) is 0 Å². The molecule has 0 spiro atoms. The summed E-state index contributed by atoms with van der Waals surface area (Å²) in [5.74, 6) is 0.849. The molecule has 0 atom stereocenters. The van der Waals surface area contributed by atoms with Crippen LogP contribution in [-0.4, -0.2) is 18.0 Å². The molecule has 0 saturated carbocycles. The number of benzene rings is 2. The van der Waals surface area contributed by atoms with Crippen molar-refractivity contribution in [2.45, 2.75) is 19.9 Å². The Morgan fingerprint density at radius 2 is 1.92 bits per heavy atom. The van der Waals surface area contributed by atoms with Crippen LogP contribution >= 0.6 is 0 Å². The fourth-order valence-corrected chi connectivity index (χ4v) is 2.50. The summed E-state index contributed by atoms with van der Waals surface area (Å²) in [4.78, 5) is 16.5.